The molecule has 0 radical (unpaired) electrons. The molecule has 1 aromatic rings. The van der Waals surface area contributed by atoms with Gasteiger partial charge in [0.05, 0.1) is 0 Å². The highest BCUT2D eigenvalue weighted by Gasteiger charge is 2.15. The minimum absolute atomic E-state index is 0. The number of hydrogen-bond donors (Lipinski definition) is 2. The molecular weight excluding hydrogens is 361 g/mol. The SMILES string of the molecule is C=CCNC(=NC)NCC(c1ccccc1)C(C)C.I. The van der Waals surface area contributed by atoms with E-state index in [4.69, 9.17) is 0 Å². The molecule has 0 aromatic heterocycles. The van der Waals surface area contributed by atoms with E-state index in [0.29, 0.717) is 11.8 Å². The molecule has 1 aromatic carbocycles. The fourth-order valence-corrected chi connectivity index (χ4v) is 2.03. The van der Waals surface area contributed by atoms with Crippen molar-refractivity contribution < 1.29 is 0 Å². The third-order valence-electron chi connectivity index (χ3n) is 3.16. The molecular formula is C16H26IN3. The van der Waals surface area contributed by atoms with Gasteiger partial charge in [0.25, 0.3) is 0 Å². The average Bonchev–Trinajstić information content (AvgIpc) is 2.43. The van der Waals surface area contributed by atoms with E-state index in [2.05, 4.69) is 66.4 Å². The fraction of sp³-hybridized carbons (Fsp3) is 0.438. The highest BCUT2D eigenvalue weighted by atomic mass is 127. The average molecular weight is 387 g/mol. The van der Waals surface area contributed by atoms with Crippen LogP contribution in [0.25, 0.3) is 0 Å². The Labute approximate surface area is 140 Å². The van der Waals surface area contributed by atoms with Crippen molar-refractivity contribution in [3.8, 4) is 0 Å². The van der Waals surface area contributed by atoms with Crippen molar-refractivity contribution in [1.82, 2.24) is 10.6 Å². The maximum atomic E-state index is 4.20. The topological polar surface area (TPSA) is 36.4 Å². The monoisotopic (exact) mass is 387 g/mol. The molecule has 20 heavy (non-hydrogen) atoms. The molecule has 2 N–H and O–H groups in total. The van der Waals surface area contributed by atoms with Gasteiger partial charge >= 0.3 is 0 Å². The van der Waals surface area contributed by atoms with Gasteiger partial charge in [0.2, 0.25) is 0 Å². The van der Waals surface area contributed by atoms with Crippen LogP contribution in [0.1, 0.15) is 25.3 Å². The van der Waals surface area contributed by atoms with E-state index in [0.717, 1.165) is 19.0 Å². The van der Waals surface area contributed by atoms with Gasteiger partial charge < -0.3 is 10.6 Å². The summed E-state index contributed by atoms with van der Waals surface area (Å²) in [6, 6.07) is 10.6. The zero-order chi connectivity index (χ0) is 14.1. The molecule has 1 atom stereocenters. The third-order valence-corrected chi connectivity index (χ3v) is 3.16. The third kappa shape index (κ3) is 6.41. The van der Waals surface area contributed by atoms with Crippen LogP contribution >= 0.6 is 24.0 Å². The van der Waals surface area contributed by atoms with E-state index in [-0.39, 0.29) is 24.0 Å². The van der Waals surface area contributed by atoms with Gasteiger partial charge in [-0.05, 0) is 11.5 Å². The predicted molar refractivity (Wildman–Crippen MR) is 99.0 cm³/mol. The summed E-state index contributed by atoms with van der Waals surface area (Å²) >= 11 is 0. The Kier molecular flexibility index (Phi) is 10.2. The van der Waals surface area contributed by atoms with Gasteiger partial charge in [0, 0.05) is 26.1 Å². The summed E-state index contributed by atoms with van der Waals surface area (Å²) in [7, 11) is 1.78. The lowest BCUT2D eigenvalue weighted by molar-refractivity contribution is 0.488. The summed E-state index contributed by atoms with van der Waals surface area (Å²) in [5, 5.41) is 6.56. The normalized spacial score (nSPS) is 12.5. The van der Waals surface area contributed by atoms with Gasteiger partial charge in [0.15, 0.2) is 5.96 Å². The van der Waals surface area contributed by atoms with Crippen LogP contribution in [0.3, 0.4) is 0 Å². The van der Waals surface area contributed by atoms with Crippen LogP contribution in [0.2, 0.25) is 0 Å². The lowest BCUT2D eigenvalue weighted by Gasteiger charge is -2.23. The lowest BCUT2D eigenvalue weighted by Crippen LogP contribution is -2.40. The van der Waals surface area contributed by atoms with Crippen molar-refractivity contribution in [3.05, 3.63) is 48.6 Å². The number of hydrogen-bond acceptors (Lipinski definition) is 1. The first-order valence-electron chi connectivity index (χ1n) is 6.79. The molecule has 0 saturated heterocycles. The summed E-state index contributed by atoms with van der Waals surface area (Å²) in [6.07, 6.45) is 1.82. The maximum Gasteiger partial charge on any atom is 0.191 e. The molecule has 0 spiro atoms. The molecule has 0 aliphatic carbocycles. The Morgan fingerprint density at radius 3 is 2.40 bits per heavy atom. The van der Waals surface area contributed by atoms with Crippen molar-refractivity contribution >= 4 is 29.9 Å². The van der Waals surface area contributed by atoms with Gasteiger partial charge in [-0.2, -0.15) is 0 Å². The van der Waals surface area contributed by atoms with Crippen molar-refractivity contribution in [2.24, 2.45) is 10.9 Å². The van der Waals surface area contributed by atoms with Crippen LogP contribution in [0.15, 0.2) is 48.0 Å². The summed E-state index contributed by atoms with van der Waals surface area (Å²) in [5.41, 5.74) is 1.36. The molecule has 4 heteroatoms. The summed E-state index contributed by atoms with van der Waals surface area (Å²) < 4.78 is 0. The summed E-state index contributed by atoms with van der Waals surface area (Å²) in [5.74, 6) is 1.87. The molecule has 0 aliphatic rings. The number of guanidine groups is 1. The second-order valence-corrected chi connectivity index (χ2v) is 4.88. The molecule has 1 rings (SSSR count). The van der Waals surface area contributed by atoms with Crippen LogP contribution in [0.5, 0.6) is 0 Å². The van der Waals surface area contributed by atoms with E-state index < -0.39 is 0 Å². The number of rotatable bonds is 6. The number of nitrogens with zero attached hydrogens (tertiary/aromatic N) is 1. The van der Waals surface area contributed by atoms with E-state index in [1.54, 1.807) is 7.05 Å². The molecule has 1 unspecified atom stereocenters. The Balaban J connectivity index is 0.00000361. The molecule has 0 saturated carbocycles. The van der Waals surface area contributed by atoms with E-state index in [1.165, 1.54) is 5.56 Å². The largest absolute Gasteiger partial charge is 0.356 e. The van der Waals surface area contributed by atoms with Crippen LogP contribution in [0.4, 0.5) is 0 Å². The Bertz CT molecular complexity index is 401. The molecule has 0 fully saturated rings. The maximum absolute atomic E-state index is 4.20. The lowest BCUT2D eigenvalue weighted by atomic mass is 9.88. The van der Waals surface area contributed by atoms with Crippen molar-refractivity contribution in [2.75, 3.05) is 20.1 Å². The Morgan fingerprint density at radius 1 is 1.25 bits per heavy atom. The van der Waals surface area contributed by atoms with Gasteiger partial charge in [-0.3, -0.25) is 4.99 Å². The van der Waals surface area contributed by atoms with E-state index in [1.807, 2.05) is 6.08 Å². The van der Waals surface area contributed by atoms with E-state index in [9.17, 15) is 0 Å². The molecule has 0 amide bonds. The first-order valence-corrected chi connectivity index (χ1v) is 6.79. The van der Waals surface area contributed by atoms with Gasteiger partial charge in [0.1, 0.15) is 0 Å². The molecule has 3 nitrogen and oxygen atoms in total. The quantitative estimate of drug-likeness (QED) is 0.340. The van der Waals surface area contributed by atoms with Crippen molar-refractivity contribution in [1.29, 1.82) is 0 Å². The Hall–Kier alpha value is -1.04. The highest BCUT2D eigenvalue weighted by molar-refractivity contribution is 14.0. The van der Waals surface area contributed by atoms with Crippen molar-refractivity contribution in [3.63, 3.8) is 0 Å². The molecule has 0 heterocycles. The molecule has 0 aliphatic heterocycles. The summed E-state index contributed by atoms with van der Waals surface area (Å²) in [6.45, 7) is 9.78. The fourth-order valence-electron chi connectivity index (χ4n) is 2.03. The number of halogens is 1. The zero-order valence-corrected chi connectivity index (χ0v) is 14.9. The first-order chi connectivity index (χ1) is 9.19. The van der Waals surface area contributed by atoms with Gasteiger partial charge in [-0.1, -0.05) is 50.3 Å². The summed E-state index contributed by atoms with van der Waals surface area (Å²) in [4.78, 5) is 4.20. The minimum Gasteiger partial charge on any atom is -0.356 e. The van der Waals surface area contributed by atoms with Crippen LogP contribution in [-0.4, -0.2) is 26.1 Å². The highest BCUT2D eigenvalue weighted by Crippen LogP contribution is 2.23. The molecule has 0 bridgehead atoms. The van der Waals surface area contributed by atoms with Crippen LogP contribution < -0.4 is 10.6 Å². The number of benzene rings is 1. The zero-order valence-electron chi connectivity index (χ0n) is 12.6. The second-order valence-electron chi connectivity index (χ2n) is 4.88. The molecule has 112 valence electrons. The van der Waals surface area contributed by atoms with Crippen molar-refractivity contribution in [2.45, 2.75) is 19.8 Å². The first kappa shape index (κ1) is 19.0. The predicted octanol–water partition coefficient (Wildman–Crippen LogP) is 3.40. The standard InChI is InChI=1S/C16H25N3.HI/c1-5-11-18-16(17-4)19-12-15(13(2)3)14-9-7-6-8-10-14;/h5-10,13,15H,1,11-12H2,2-4H3,(H2,17,18,19);1H. The van der Waals surface area contributed by atoms with Crippen LogP contribution in [-0.2, 0) is 0 Å². The minimum atomic E-state index is 0. The van der Waals surface area contributed by atoms with Gasteiger partial charge in [-0.15, -0.1) is 30.6 Å². The van der Waals surface area contributed by atoms with E-state index >= 15 is 0 Å². The Morgan fingerprint density at radius 2 is 1.90 bits per heavy atom. The smallest absolute Gasteiger partial charge is 0.191 e. The second kappa shape index (κ2) is 10.7. The van der Waals surface area contributed by atoms with Crippen LogP contribution in [0, 0.1) is 5.92 Å². The number of nitrogens with one attached hydrogen (secondary N) is 2. The van der Waals surface area contributed by atoms with Gasteiger partial charge in [-0.25, -0.2) is 0 Å². The number of aliphatic imine (C=N–C) groups is 1.